The summed E-state index contributed by atoms with van der Waals surface area (Å²) in [6.45, 7) is 10.9. The van der Waals surface area contributed by atoms with Crippen LogP contribution in [0.2, 0.25) is 0 Å². The van der Waals surface area contributed by atoms with E-state index in [4.69, 9.17) is 4.99 Å². The Morgan fingerprint density at radius 1 is 1.17 bits per heavy atom. The van der Waals surface area contributed by atoms with Gasteiger partial charge in [0.2, 0.25) is 0 Å². The normalized spacial score (nSPS) is 17.1. The van der Waals surface area contributed by atoms with Crippen molar-refractivity contribution in [2.75, 3.05) is 19.6 Å². The molecule has 1 unspecified atom stereocenters. The number of hydrogen-bond donors (Lipinski definition) is 3. The predicted molar refractivity (Wildman–Crippen MR) is 127 cm³/mol. The van der Waals surface area contributed by atoms with Crippen LogP contribution in [0, 0.1) is 6.92 Å². The number of piperidine rings is 1. The summed E-state index contributed by atoms with van der Waals surface area (Å²) in [5.41, 5.74) is 2.54. The molecule has 1 atom stereocenters. The summed E-state index contributed by atoms with van der Waals surface area (Å²) in [5, 5.41) is 16.5. The van der Waals surface area contributed by atoms with Gasteiger partial charge in [-0.15, -0.1) is 11.3 Å². The summed E-state index contributed by atoms with van der Waals surface area (Å²) >= 11 is 1.86. The van der Waals surface area contributed by atoms with E-state index in [0.29, 0.717) is 12.6 Å². The Kier molecular flexibility index (Phi) is 8.73. The molecule has 3 N–H and O–H groups in total. The minimum Gasteiger partial charge on any atom is -0.393 e. The quantitative estimate of drug-likeness (QED) is 0.443. The van der Waals surface area contributed by atoms with Gasteiger partial charge in [0.25, 0.3) is 0 Å². The molecule has 164 valence electrons. The fraction of sp³-hybridized carbons (Fsp3) is 0.542. The van der Waals surface area contributed by atoms with E-state index in [1.54, 1.807) is 0 Å². The Labute approximate surface area is 185 Å². The zero-order valence-electron chi connectivity index (χ0n) is 18.5. The maximum atomic E-state index is 9.65. The first-order valence-corrected chi connectivity index (χ1v) is 11.9. The van der Waals surface area contributed by atoms with Crippen molar-refractivity contribution in [3.05, 3.63) is 57.3 Å². The Hall–Kier alpha value is -1.89. The molecule has 0 aliphatic carbocycles. The second kappa shape index (κ2) is 11.5. The maximum Gasteiger partial charge on any atom is 0.191 e. The number of thiophene rings is 1. The monoisotopic (exact) mass is 428 g/mol. The van der Waals surface area contributed by atoms with E-state index >= 15 is 0 Å². The van der Waals surface area contributed by atoms with Gasteiger partial charge in [0.15, 0.2) is 5.96 Å². The van der Waals surface area contributed by atoms with Crippen molar-refractivity contribution in [3.63, 3.8) is 0 Å². The summed E-state index contributed by atoms with van der Waals surface area (Å²) in [5.74, 6) is 0.870. The van der Waals surface area contributed by atoms with Crippen LogP contribution in [0.4, 0.5) is 0 Å². The number of guanidine groups is 1. The molecular formula is C24H36N4OS. The number of hydrogen-bond acceptors (Lipinski definition) is 4. The number of nitrogens with zero attached hydrogens (tertiary/aromatic N) is 2. The Bertz CT molecular complexity index is 794. The molecule has 1 aromatic carbocycles. The minimum absolute atomic E-state index is 0.113. The number of rotatable bonds is 8. The summed E-state index contributed by atoms with van der Waals surface area (Å²) < 4.78 is 0. The summed E-state index contributed by atoms with van der Waals surface area (Å²) in [7, 11) is 0. The molecule has 30 heavy (non-hydrogen) atoms. The van der Waals surface area contributed by atoms with E-state index < -0.39 is 0 Å². The molecule has 1 aliphatic heterocycles. The molecule has 0 spiro atoms. The minimum atomic E-state index is -0.113. The van der Waals surface area contributed by atoms with Crippen LogP contribution >= 0.6 is 11.3 Å². The van der Waals surface area contributed by atoms with E-state index in [1.807, 2.05) is 11.3 Å². The van der Waals surface area contributed by atoms with Crippen LogP contribution in [-0.2, 0) is 19.5 Å². The van der Waals surface area contributed by atoms with Crippen LogP contribution in [0.3, 0.4) is 0 Å². The molecule has 2 heterocycles. The van der Waals surface area contributed by atoms with Gasteiger partial charge in [-0.05, 0) is 56.9 Å². The number of aliphatic imine (C=N–C) groups is 1. The van der Waals surface area contributed by atoms with Gasteiger partial charge in [-0.1, -0.05) is 24.3 Å². The standard InChI is InChI=1S/C24H36N4OS/c1-4-25-24(27-18(2)15-23-10-5-19(3)30-23)26-16-20-6-8-21(9-7-20)17-28-13-11-22(29)12-14-28/h5-10,18,22,29H,4,11-17H2,1-3H3,(H2,25,26,27). The molecule has 5 nitrogen and oxygen atoms in total. The molecule has 6 heteroatoms. The lowest BCUT2D eigenvalue weighted by Gasteiger charge is -2.29. The average Bonchev–Trinajstić information content (AvgIpc) is 3.13. The summed E-state index contributed by atoms with van der Waals surface area (Å²) in [4.78, 5) is 9.97. The third-order valence-electron chi connectivity index (χ3n) is 5.44. The van der Waals surface area contributed by atoms with Crippen LogP contribution in [0.5, 0.6) is 0 Å². The number of aliphatic hydroxyl groups is 1. The van der Waals surface area contributed by atoms with Crippen molar-refractivity contribution in [1.29, 1.82) is 0 Å². The van der Waals surface area contributed by atoms with Crippen molar-refractivity contribution < 1.29 is 5.11 Å². The molecule has 1 fully saturated rings. The second-order valence-corrected chi connectivity index (χ2v) is 9.65. The number of benzene rings is 1. The van der Waals surface area contributed by atoms with Gasteiger partial charge in [-0.3, -0.25) is 4.90 Å². The maximum absolute atomic E-state index is 9.65. The SMILES string of the molecule is CCNC(=NCc1ccc(CN2CCC(O)CC2)cc1)NC(C)Cc1ccc(C)s1. The summed E-state index contributed by atoms with van der Waals surface area (Å²) in [6, 6.07) is 13.5. The predicted octanol–water partition coefficient (Wildman–Crippen LogP) is 3.70. The van der Waals surface area contributed by atoms with Gasteiger partial charge in [0, 0.05) is 48.4 Å². The van der Waals surface area contributed by atoms with Crippen molar-refractivity contribution in [1.82, 2.24) is 15.5 Å². The number of aryl methyl sites for hydroxylation is 1. The molecule has 2 aromatic rings. The average molecular weight is 429 g/mol. The Morgan fingerprint density at radius 3 is 2.50 bits per heavy atom. The lowest BCUT2D eigenvalue weighted by Crippen LogP contribution is -2.43. The van der Waals surface area contributed by atoms with Crippen LogP contribution in [0.1, 0.15) is 47.6 Å². The highest BCUT2D eigenvalue weighted by Gasteiger charge is 2.16. The van der Waals surface area contributed by atoms with Gasteiger partial charge >= 0.3 is 0 Å². The van der Waals surface area contributed by atoms with Gasteiger partial charge in [-0.25, -0.2) is 4.99 Å². The van der Waals surface area contributed by atoms with Crippen LogP contribution in [0.25, 0.3) is 0 Å². The van der Waals surface area contributed by atoms with Gasteiger partial charge < -0.3 is 15.7 Å². The fourth-order valence-electron chi connectivity index (χ4n) is 3.76. The van der Waals surface area contributed by atoms with Crippen molar-refractivity contribution in [3.8, 4) is 0 Å². The first-order chi connectivity index (χ1) is 14.5. The molecule has 1 saturated heterocycles. The van der Waals surface area contributed by atoms with Crippen molar-refractivity contribution in [2.24, 2.45) is 4.99 Å². The molecule has 0 amide bonds. The second-order valence-electron chi connectivity index (χ2n) is 8.28. The number of likely N-dealkylation sites (tertiary alicyclic amines) is 1. The fourth-order valence-corrected chi connectivity index (χ4v) is 4.78. The Balaban J connectivity index is 1.50. The van der Waals surface area contributed by atoms with Crippen LogP contribution in [-0.4, -0.2) is 47.7 Å². The molecule has 1 aromatic heterocycles. The van der Waals surface area contributed by atoms with E-state index in [2.05, 4.69) is 72.7 Å². The van der Waals surface area contributed by atoms with Crippen molar-refractivity contribution >= 4 is 17.3 Å². The van der Waals surface area contributed by atoms with E-state index in [9.17, 15) is 5.11 Å². The lowest BCUT2D eigenvalue weighted by molar-refractivity contribution is 0.0792. The van der Waals surface area contributed by atoms with Crippen molar-refractivity contribution in [2.45, 2.75) is 65.3 Å². The largest absolute Gasteiger partial charge is 0.393 e. The molecule has 3 rings (SSSR count). The third kappa shape index (κ3) is 7.42. The number of aliphatic hydroxyl groups excluding tert-OH is 1. The zero-order chi connectivity index (χ0) is 21.3. The molecule has 0 radical (unpaired) electrons. The van der Waals surface area contributed by atoms with Gasteiger partial charge in [-0.2, -0.15) is 0 Å². The van der Waals surface area contributed by atoms with Crippen LogP contribution in [0.15, 0.2) is 41.4 Å². The topological polar surface area (TPSA) is 59.9 Å². The molecule has 1 aliphatic rings. The van der Waals surface area contributed by atoms with Gasteiger partial charge in [0.05, 0.1) is 12.6 Å². The third-order valence-corrected chi connectivity index (χ3v) is 6.46. The highest BCUT2D eigenvalue weighted by molar-refractivity contribution is 7.11. The Morgan fingerprint density at radius 2 is 1.87 bits per heavy atom. The zero-order valence-corrected chi connectivity index (χ0v) is 19.3. The first kappa shape index (κ1) is 22.8. The molecule has 0 saturated carbocycles. The highest BCUT2D eigenvalue weighted by atomic mass is 32.1. The summed E-state index contributed by atoms with van der Waals surface area (Å²) in [6.07, 6.45) is 2.67. The van der Waals surface area contributed by atoms with Gasteiger partial charge in [0.1, 0.15) is 0 Å². The highest BCUT2D eigenvalue weighted by Crippen LogP contribution is 2.17. The molecular weight excluding hydrogens is 392 g/mol. The molecule has 0 bridgehead atoms. The van der Waals surface area contributed by atoms with Crippen LogP contribution < -0.4 is 10.6 Å². The first-order valence-electron chi connectivity index (χ1n) is 11.1. The van der Waals surface area contributed by atoms with E-state index in [0.717, 1.165) is 51.4 Å². The lowest BCUT2D eigenvalue weighted by atomic mass is 10.1. The number of nitrogens with one attached hydrogen (secondary N) is 2. The van der Waals surface area contributed by atoms with E-state index in [-0.39, 0.29) is 6.10 Å². The smallest absolute Gasteiger partial charge is 0.191 e. The van der Waals surface area contributed by atoms with E-state index in [1.165, 1.54) is 20.9 Å².